The van der Waals surface area contributed by atoms with Crippen molar-refractivity contribution in [3.8, 4) is 0 Å². The third-order valence-corrected chi connectivity index (χ3v) is 4.95. The van der Waals surface area contributed by atoms with Crippen LogP contribution in [0.3, 0.4) is 0 Å². The van der Waals surface area contributed by atoms with E-state index in [2.05, 4.69) is 25.6 Å². The van der Waals surface area contributed by atoms with Crippen LogP contribution in [0.15, 0.2) is 54.9 Å². The van der Waals surface area contributed by atoms with Crippen molar-refractivity contribution >= 4 is 49.7 Å². The Hall–Kier alpha value is -3.80. The molecule has 0 spiro atoms. The van der Waals surface area contributed by atoms with Gasteiger partial charge in [-0.05, 0) is 36.4 Å². The molecule has 4 rings (SSSR count). The summed E-state index contributed by atoms with van der Waals surface area (Å²) in [6.45, 7) is 0. The molecular formula is C18H11F3N6O2S. The highest BCUT2D eigenvalue weighted by atomic mass is 32.1. The van der Waals surface area contributed by atoms with Gasteiger partial charge < -0.3 is 10.6 Å². The highest BCUT2D eigenvalue weighted by Crippen LogP contribution is 2.36. The molecule has 2 aromatic carbocycles. The van der Waals surface area contributed by atoms with Gasteiger partial charge in [-0.2, -0.15) is 13.2 Å². The lowest BCUT2D eigenvalue weighted by molar-refractivity contribution is -0.383. The van der Waals surface area contributed by atoms with E-state index in [0.29, 0.717) is 5.13 Å². The van der Waals surface area contributed by atoms with Crippen LogP contribution in [-0.2, 0) is 6.18 Å². The smallest absolute Gasteiger partial charge is 0.334 e. The first-order valence-electron chi connectivity index (χ1n) is 8.37. The van der Waals surface area contributed by atoms with E-state index >= 15 is 0 Å². The van der Waals surface area contributed by atoms with Crippen molar-refractivity contribution < 1.29 is 18.1 Å². The number of anilines is 4. The number of aromatic nitrogens is 3. The summed E-state index contributed by atoms with van der Waals surface area (Å²) >= 11 is 1.29. The second-order valence-electron chi connectivity index (χ2n) is 5.99. The molecule has 4 aromatic rings. The summed E-state index contributed by atoms with van der Waals surface area (Å²) < 4.78 is 39.0. The minimum atomic E-state index is -4.48. The summed E-state index contributed by atoms with van der Waals surface area (Å²) in [7, 11) is 0. The standard InChI is InChI=1S/C18H11F3N6O2S/c19-18(20,21)10-5-7-11(8-6-10)24-15-14(27(28)29)16(23-9-22-15)26-17-25-12-3-1-2-4-13(12)30-17/h1-9H,(H2,22,23,24,25,26). The third kappa shape index (κ3) is 3.98. The monoisotopic (exact) mass is 432 g/mol. The van der Waals surface area contributed by atoms with Gasteiger partial charge in [0.25, 0.3) is 0 Å². The van der Waals surface area contributed by atoms with Crippen LogP contribution >= 0.6 is 11.3 Å². The zero-order chi connectivity index (χ0) is 21.3. The molecule has 0 radical (unpaired) electrons. The summed E-state index contributed by atoms with van der Waals surface area (Å²) in [5.41, 5.74) is -0.361. The molecule has 0 aliphatic carbocycles. The summed E-state index contributed by atoms with van der Waals surface area (Å²) in [6, 6.07) is 11.4. The zero-order valence-electron chi connectivity index (χ0n) is 14.8. The molecule has 152 valence electrons. The van der Waals surface area contributed by atoms with Gasteiger partial charge in [-0.1, -0.05) is 23.5 Å². The fourth-order valence-corrected chi connectivity index (χ4v) is 3.51. The van der Waals surface area contributed by atoms with Crippen LogP contribution in [0, 0.1) is 10.1 Å². The molecule has 0 aliphatic heterocycles. The molecule has 12 heteroatoms. The average molecular weight is 432 g/mol. The Balaban J connectivity index is 1.65. The Morgan fingerprint density at radius 2 is 1.63 bits per heavy atom. The number of nitrogens with one attached hydrogen (secondary N) is 2. The van der Waals surface area contributed by atoms with Crippen LogP contribution in [0.1, 0.15) is 5.56 Å². The van der Waals surface area contributed by atoms with Crippen LogP contribution in [0.4, 0.5) is 41.3 Å². The van der Waals surface area contributed by atoms with Crippen LogP contribution in [-0.4, -0.2) is 19.9 Å². The molecule has 0 amide bonds. The fraction of sp³-hybridized carbons (Fsp3) is 0.0556. The van der Waals surface area contributed by atoms with E-state index in [0.717, 1.165) is 40.8 Å². The molecular weight excluding hydrogens is 421 g/mol. The number of alkyl halides is 3. The van der Waals surface area contributed by atoms with Crippen LogP contribution in [0.5, 0.6) is 0 Å². The molecule has 0 aliphatic rings. The normalized spacial score (nSPS) is 11.4. The van der Waals surface area contributed by atoms with E-state index in [4.69, 9.17) is 0 Å². The van der Waals surface area contributed by atoms with Gasteiger partial charge in [0.2, 0.25) is 11.6 Å². The Labute approximate surface area is 170 Å². The maximum absolute atomic E-state index is 12.7. The SMILES string of the molecule is O=[N+]([O-])c1c(Nc2ccc(C(F)(F)F)cc2)ncnc1Nc1nc2ccccc2s1. The maximum atomic E-state index is 12.7. The largest absolute Gasteiger partial charge is 0.416 e. The van der Waals surface area contributed by atoms with Crippen molar-refractivity contribution in [1.29, 1.82) is 0 Å². The second-order valence-corrected chi connectivity index (χ2v) is 7.02. The van der Waals surface area contributed by atoms with Gasteiger partial charge in [-0.25, -0.2) is 15.0 Å². The van der Waals surface area contributed by atoms with Crippen molar-refractivity contribution in [1.82, 2.24) is 15.0 Å². The minimum absolute atomic E-state index is 0.0940. The quantitative estimate of drug-likeness (QED) is 0.317. The molecule has 8 nitrogen and oxygen atoms in total. The molecule has 0 atom stereocenters. The predicted octanol–water partition coefficient (Wildman–Crippen LogP) is 5.50. The highest BCUT2D eigenvalue weighted by molar-refractivity contribution is 7.22. The number of benzene rings is 2. The van der Waals surface area contributed by atoms with Gasteiger partial charge >= 0.3 is 11.9 Å². The number of para-hydroxylation sites is 1. The van der Waals surface area contributed by atoms with Gasteiger partial charge in [0, 0.05) is 5.69 Å². The lowest BCUT2D eigenvalue weighted by Gasteiger charge is -2.10. The molecule has 2 heterocycles. The van der Waals surface area contributed by atoms with Crippen molar-refractivity contribution in [2.45, 2.75) is 6.18 Å². The topological polar surface area (TPSA) is 106 Å². The van der Waals surface area contributed by atoms with Gasteiger partial charge in [0.05, 0.1) is 20.7 Å². The van der Waals surface area contributed by atoms with Gasteiger partial charge in [-0.3, -0.25) is 10.1 Å². The first kappa shape index (κ1) is 19.5. The Morgan fingerprint density at radius 3 is 2.27 bits per heavy atom. The number of hydrogen-bond acceptors (Lipinski definition) is 8. The molecule has 0 bridgehead atoms. The Bertz CT molecular complexity index is 1190. The van der Waals surface area contributed by atoms with E-state index in [1.807, 2.05) is 24.3 Å². The molecule has 0 saturated heterocycles. The van der Waals surface area contributed by atoms with Crippen LogP contribution < -0.4 is 10.6 Å². The summed E-state index contributed by atoms with van der Waals surface area (Å²) in [6.07, 6.45) is -3.37. The number of fused-ring (bicyclic) bond motifs is 1. The predicted molar refractivity (Wildman–Crippen MR) is 106 cm³/mol. The Morgan fingerprint density at radius 1 is 0.967 bits per heavy atom. The van der Waals surface area contributed by atoms with Crippen molar-refractivity contribution in [2.24, 2.45) is 0 Å². The molecule has 2 N–H and O–H groups in total. The Kier molecular flexibility index (Phi) is 4.91. The minimum Gasteiger partial charge on any atom is -0.334 e. The van der Waals surface area contributed by atoms with Gasteiger partial charge in [0.1, 0.15) is 6.33 Å². The number of halogens is 3. The van der Waals surface area contributed by atoms with E-state index in [-0.39, 0.29) is 17.3 Å². The third-order valence-electron chi connectivity index (χ3n) is 4.00. The maximum Gasteiger partial charge on any atom is 0.416 e. The summed E-state index contributed by atoms with van der Waals surface area (Å²) in [5.74, 6) is -0.262. The lowest BCUT2D eigenvalue weighted by atomic mass is 10.2. The van der Waals surface area contributed by atoms with Crippen LogP contribution in [0.25, 0.3) is 10.2 Å². The van der Waals surface area contributed by atoms with E-state index in [1.165, 1.54) is 11.3 Å². The summed E-state index contributed by atoms with van der Waals surface area (Å²) in [4.78, 5) is 23.1. The first-order chi connectivity index (χ1) is 14.3. The molecule has 0 fully saturated rings. The van der Waals surface area contributed by atoms with E-state index in [1.54, 1.807) is 0 Å². The van der Waals surface area contributed by atoms with Crippen LogP contribution in [0.2, 0.25) is 0 Å². The molecule has 30 heavy (non-hydrogen) atoms. The fourth-order valence-electron chi connectivity index (χ4n) is 2.64. The van der Waals surface area contributed by atoms with Gasteiger partial charge in [-0.15, -0.1) is 0 Å². The number of thiazole rings is 1. The first-order valence-corrected chi connectivity index (χ1v) is 9.19. The van der Waals surface area contributed by atoms with Crippen molar-refractivity contribution in [2.75, 3.05) is 10.6 Å². The molecule has 2 aromatic heterocycles. The number of hydrogen-bond donors (Lipinski definition) is 2. The van der Waals surface area contributed by atoms with Crippen molar-refractivity contribution in [3.63, 3.8) is 0 Å². The summed E-state index contributed by atoms with van der Waals surface area (Å²) in [5, 5.41) is 17.6. The number of rotatable bonds is 5. The van der Waals surface area contributed by atoms with E-state index in [9.17, 15) is 23.3 Å². The number of nitrogens with zero attached hydrogens (tertiary/aromatic N) is 4. The number of nitro groups is 1. The second kappa shape index (κ2) is 7.55. The highest BCUT2D eigenvalue weighted by Gasteiger charge is 2.30. The molecule has 0 unspecified atom stereocenters. The van der Waals surface area contributed by atoms with E-state index < -0.39 is 22.4 Å². The average Bonchev–Trinajstić information content (AvgIpc) is 3.10. The van der Waals surface area contributed by atoms with Crippen molar-refractivity contribution in [3.05, 3.63) is 70.5 Å². The van der Waals surface area contributed by atoms with Gasteiger partial charge in [0.15, 0.2) is 5.13 Å². The molecule has 0 saturated carbocycles. The zero-order valence-corrected chi connectivity index (χ0v) is 15.7. The lowest BCUT2D eigenvalue weighted by Crippen LogP contribution is -2.06.